The maximum absolute atomic E-state index is 12.3. The average molecular weight is 404 g/mol. The maximum atomic E-state index is 12.3. The van der Waals surface area contributed by atoms with E-state index in [0.717, 1.165) is 13.2 Å². The number of hydroxylamine groups is 1. The molecule has 9 nitrogen and oxygen atoms in total. The minimum absolute atomic E-state index is 0.0926. The standard InChI is InChI=1S/C15H18ClN3O6S/c1-18(8-4-7-17)14(20)10-25-15(21)11-5-6-12(16)13(9-11)26(22,23)19(2)24-3/h5-6,9H,4,8,10H2,1-3H3. The van der Waals surface area contributed by atoms with E-state index in [2.05, 4.69) is 4.84 Å². The Bertz CT molecular complexity index is 821. The van der Waals surface area contributed by atoms with Crippen molar-refractivity contribution < 1.29 is 27.6 Å². The van der Waals surface area contributed by atoms with Crippen molar-refractivity contribution in [1.82, 2.24) is 9.37 Å². The van der Waals surface area contributed by atoms with Crippen LogP contribution in [0.25, 0.3) is 0 Å². The van der Waals surface area contributed by atoms with E-state index in [4.69, 9.17) is 21.6 Å². The summed E-state index contributed by atoms with van der Waals surface area (Å²) in [4.78, 5) is 29.5. The predicted octanol–water partition coefficient (Wildman–Crippen LogP) is 1.05. The molecule has 26 heavy (non-hydrogen) atoms. The number of sulfonamides is 1. The molecule has 11 heteroatoms. The monoisotopic (exact) mass is 403 g/mol. The van der Waals surface area contributed by atoms with Gasteiger partial charge < -0.3 is 9.64 Å². The molecule has 0 bridgehead atoms. The molecule has 1 rings (SSSR count). The SMILES string of the molecule is CON(C)S(=O)(=O)c1cc(C(=O)OCC(=O)N(C)CCC#N)ccc1Cl. The lowest BCUT2D eigenvalue weighted by Crippen LogP contribution is -2.32. The number of nitrogens with zero attached hydrogens (tertiary/aromatic N) is 3. The molecule has 1 aromatic carbocycles. The second-order valence-corrected chi connectivity index (χ2v) is 7.35. The molecular formula is C15H18ClN3O6S. The van der Waals surface area contributed by atoms with Gasteiger partial charge in [-0.2, -0.15) is 5.26 Å². The van der Waals surface area contributed by atoms with Gasteiger partial charge in [-0.3, -0.25) is 9.63 Å². The number of carbonyl (C=O) groups excluding carboxylic acids is 2. The van der Waals surface area contributed by atoms with Gasteiger partial charge in [0.05, 0.1) is 30.2 Å². The van der Waals surface area contributed by atoms with Gasteiger partial charge in [0, 0.05) is 20.6 Å². The van der Waals surface area contributed by atoms with Gasteiger partial charge >= 0.3 is 5.97 Å². The van der Waals surface area contributed by atoms with Crippen LogP contribution >= 0.6 is 11.6 Å². The fraction of sp³-hybridized carbons (Fsp3) is 0.400. The number of amides is 1. The van der Waals surface area contributed by atoms with Crippen molar-refractivity contribution in [2.45, 2.75) is 11.3 Å². The number of hydrogen-bond donors (Lipinski definition) is 0. The van der Waals surface area contributed by atoms with Crippen LogP contribution in [0.4, 0.5) is 0 Å². The van der Waals surface area contributed by atoms with Crippen LogP contribution in [-0.2, 0) is 24.4 Å². The maximum Gasteiger partial charge on any atom is 0.338 e. The van der Waals surface area contributed by atoms with E-state index in [9.17, 15) is 18.0 Å². The highest BCUT2D eigenvalue weighted by Gasteiger charge is 2.25. The molecule has 0 radical (unpaired) electrons. The fourth-order valence-electron chi connectivity index (χ4n) is 1.73. The van der Waals surface area contributed by atoms with Crippen molar-refractivity contribution in [3.8, 4) is 6.07 Å². The summed E-state index contributed by atoms with van der Waals surface area (Å²) in [6, 6.07) is 5.45. The van der Waals surface area contributed by atoms with Crippen molar-refractivity contribution in [2.24, 2.45) is 0 Å². The molecule has 0 fully saturated rings. The zero-order chi connectivity index (χ0) is 19.9. The summed E-state index contributed by atoms with van der Waals surface area (Å²) in [5.74, 6) is -1.38. The third-order valence-corrected chi connectivity index (χ3v) is 5.51. The van der Waals surface area contributed by atoms with Crippen LogP contribution in [0.15, 0.2) is 23.1 Å². The molecule has 0 heterocycles. The number of ether oxygens (including phenoxy) is 1. The first-order valence-corrected chi connectivity index (χ1v) is 9.07. The van der Waals surface area contributed by atoms with Crippen molar-refractivity contribution in [1.29, 1.82) is 5.26 Å². The summed E-state index contributed by atoms with van der Waals surface area (Å²) in [5.41, 5.74) is -0.0926. The Morgan fingerprint density at radius 2 is 1.96 bits per heavy atom. The fourth-order valence-corrected chi connectivity index (χ4v) is 3.20. The summed E-state index contributed by atoms with van der Waals surface area (Å²) in [5, 5.41) is 8.39. The summed E-state index contributed by atoms with van der Waals surface area (Å²) in [7, 11) is -0.254. The van der Waals surface area contributed by atoms with Crippen molar-refractivity contribution in [2.75, 3.05) is 34.4 Å². The molecule has 0 aliphatic rings. The smallest absolute Gasteiger partial charge is 0.338 e. The zero-order valence-electron chi connectivity index (χ0n) is 14.4. The minimum Gasteiger partial charge on any atom is -0.452 e. The lowest BCUT2D eigenvalue weighted by atomic mass is 10.2. The normalized spacial score (nSPS) is 11.1. The third-order valence-electron chi connectivity index (χ3n) is 3.35. The number of esters is 1. The van der Waals surface area contributed by atoms with E-state index < -0.39 is 28.5 Å². The highest BCUT2D eigenvalue weighted by Crippen LogP contribution is 2.25. The largest absolute Gasteiger partial charge is 0.452 e. The lowest BCUT2D eigenvalue weighted by molar-refractivity contribution is -0.133. The van der Waals surface area contributed by atoms with Gasteiger partial charge in [0.1, 0.15) is 4.90 Å². The molecule has 142 valence electrons. The Balaban J connectivity index is 2.91. The molecule has 0 saturated carbocycles. The van der Waals surface area contributed by atoms with Gasteiger partial charge in [-0.1, -0.05) is 16.1 Å². The Kier molecular flexibility index (Phi) is 7.98. The van der Waals surface area contributed by atoms with Crippen LogP contribution in [-0.4, -0.2) is 64.0 Å². The molecular weight excluding hydrogens is 386 g/mol. The highest BCUT2D eigenvalue weighted by molar-refractivity contribution is 7.89. The summed E-state index contributed by atoms with van der Waals surface area (Å²) >= 11 is 5.90. The number of rotatable bonds is 8. The van der Waals surface area contributed by atoms with E-state index in [1.54, 1.807) is 0 Å². The van der Waals surface area contributed by atoms with E-state index >= 15 is 0 Å². The van der Waals surface area contributed by atoms with E-state index in [0.29, 0.717) is 4.47 Å². The van der Waals surface area contributed by atoms with Crippen molar-refractivity contribution >= 4 is 33.5 Å². The summed E-state index contributed by atoms with van der Waals surface area (Å²) in [6.07, 6.45) is 0.154. The second kappa shape index (κ2) is 9.49. The first kappa shape index (κ1) is 21.9. The summed E-state index contributed by atoms with van der Waals surface area (Å²) in [6.45, 7) is -0.330. The average Bonchev–Trinajstić information content (AvgIpc) is 2.62. The van der Waals surface area contributed by atoms with Crippen molar-refractivity contribution in [3.63, 3.8) is 0 Å². The van der Waals surface area contributed by atoms with Gasteiger partial charge in [0.15, 0.2) is 6.61 Å². The first-order chi connectivity index (χ1) is 12.1. The first-order valence-electron chi connectivity index (χ1n) is 7.25. The van der Waals surface area contributed by atoms with Crippen LogP contribution in [0.2, 0.25) is 5.02 Å². The van der Waals surface area contributed by atoms with Gasteiger partial charge in [0.2, 0.25) is 0 Å². The predicted molar refractivity (Wildman–Crippen MR) is 91.6 cm³/mol. The molecule has 0 unspecified atom stereocenters. The van der Waals surface area contributed by atoms with Crippen LogP contribution in [0.3, 0.4) is 0 Å². The second-order valence-electron chi connectivity index (χ2n) is 5.04. The van der Waals surface area contributed by atoms with Crippen LogP contribution in [0.1, 0.15) is 16.8 Å². The van der Waals surface area contributed by atoms with Crippen molar-refractivity contribution in [3.05, 3.63) is 28.8 Å². The zero-order valence-corrected chi connectivity index (χ0v) is 16.0. The quantitative estimate of drug-likeness (QED) is 0.470. The molecule has 0 N–H and O–H groups in total. The number of nitriles is 1. The number of carbonyl (C=O) groups is 2. The Hall–Kier alpha value is -2.19. The molecule has 0 atom stereocenters. The molecule has 0 aliphatic heterocycles. The van der Waals surface area contributed by atoms with Gasteiger partial charge in [-0.25, -0.2) is 13.2 Å². The lowest BCUT2D eigenvalue weighted by Gasteiger charge is -2.16. The molecule has 0 spiro atoms. The molecule has 0 aliphatic carbocycles. The third kappa shape index (κ3) is 5.40. The van der Waals surface area contributed by atoms with E-state index in [1.165, 1.54) is 31.1 Å². The summed E-state index contributed by atoms with van der Waals surface area (Å²) < 4.78 is 30.1. The number of benzene rings is 1. The van der Waals surface area contributed by atoms with Crippen LogP contribution in [0.5, 0.6) is 0 Å². The Morgan fingerprint density at radius 3 is 2.54 bits per heavy atom. The number of halogens is 1. The number of likely N-dealkylation sites (N-methyl/N-ethyl adjacent to an activating group) is 1. The van der Waals surface area contributed by atoms with Gasteiger partial charge in [0.25, 0.3) is 15.9 Å². The number of hydrogen-bond acceptors (Lipinski definition) is 7. The van der Waals surface area contributed by atoms with E-state index in [1.807, 2.05) is 6.07 Å². The molecule has 1 amide bonds. The molecule has 0 aromatic heterocycles. The Morgan fingerprint density at radius 1 is 1.31 bits per heavy atom. The minimum atomic E-state index is -4.07. The molecule has 1 aromatic rings. The van der Waals surface area contributed by atoms with Crippen LogP contribution < -0.4 is 0 Å². The Labute approximate surface area is 156 Å². The molecule has 0 saturated heterocycles. The van der Waals surface area contributed by atoms with E-state index in [-0.39, 0.29) is 28.4 Å². The van der Waals surface area contributed by atoms with Gasteiger partial charge in [-0.15, -0.1) is 0 Å². The highest BCUT2D eigenvalue weighted by atomic mass is 35.5. The van der Waals surface area contributed by atoms with Crippen LogP contribution in [0, 0.1) is 11.3 Å². The van der Waals surface area contributed by atoms with Gasteiger partial charge in [-0.05, 0) is 18.2 Å². The topological polar surface area (TPSA) is 117 Å².